The number of aromatic nitrogens is 3. The van der Waals surface area contributed by atoms with Gasteiger partial charge in [0, 0.05) is 44.8 Å². The number of pyridine rings is 1. The van der Waals surface area contributed by atoms with Crippen molar-refractivity contribution in [1.82, 2.24) is 24.8 Å². The van der Waals surface area contributed by atoms with E-state index in [-0.39, 0.29) is 18.1 Å². The van der Waals surface area contributed by atoms with E-state index in [1.807, 2.05) is 7.05 Å². The van der Waals surface area contributed by atoms with Gasteiger partial charge in [-0.25, -0.2) is 19.7 Å². The van der Waals surface area contributed by atoms with Crippen LogP contribution in [-0.2, 0) is 4.74 Å². The average molecular weight is 425 g/mol. The van der Waals surface area contributed by atoms with Gasteiger partial charge in [-0.3, -0.25) is 9.78 Å². The van der Waals surface area contributed by atoms with Gasteiger partial charge >= 0.3 is 6.09 Å². The highest BCUT2D eigenvalue weighted by Crippen LogP contribution is 2.35. The fourth-order valence-electron chi connectivity index (χ4n) is 3.04. The molecular weight excluding hydrogens is 407 g/mol. The van der Waals surface area contributed by atoms with Gasteiger partial charge in [0.15, 0.2) is 5.69 Å². The number of hydrogen-bond donors (Lipinski definition) is 0. The smallest absolute Gasteiger partial charge is 0.412 e. The lowest BCUT2D eigenvalue weighted by molar-refractivity contribution is 0.0476. The summed E-state index contributed by atoms with van der Waals surface area (Å²) in [4.78, 5) is 43.0. The van der Waals surface area contributed by atoms with Gasteiger partial charge in [0.1, 0.15) is 11.5 Å². The number of hydrogen-bond acceptors (Lipinski definition) is 7. The van der Waals surface area contributed by atoms with Gasteiger partial charge in [-0.1, -0.05) is 11.6 Å². The normalized spacial score (nSPS) is 19.2. The van der Waals surface area contributed by atoms with Crippen molar-refractivity contribution in [3.63, 3.8) is 0 Å². The van der Waals surface area contributed by atoms with Crippen LogP contribution >= 0.6 is 24.0 Å². The van der Waals surface area contributed by atoms with E-state index in [0.29, 0.717) is 29.6 Å². The van der Waals surface area contributed by atoms with Crippen molar-refractivity contribution in [2.45, 2.75) is 6.23 Å². The number of piperazine rings is 1. The molecule has 2 aromatic rings. The lowest BCUT2D eigenvalue weighted by atomic mass is 10.3. The van der Waals surface area contributed by atoms with Crippen LogP contribution < -0.4 is 4.90 Å². The zero-order valence-corrected chi connectivity index (χ0v) is 16.6. The largest absolute Gasteiger partial charge is 0.419 e. The van der Waals surface area contributed by atoms with E-state index in [0.717, 1.165) is 13.1 Å². The Balaban J connectivity index is 0.00000225. The molecule has 0 bridgehead atoms. The first-order chi connectivity index (χ1) is 13.0. The molecular formula is C17H18Cl2N6O3. The number of carbonyl (C=O) groups is 2. The lowest BCUT2D eigenvalue weighted by Gasteiger charge is -2.33. The minimum atomic E-state index is -1.03. The van der Waals surface area contributed by atoms with Crippen molar-refractivity contribution in [2.24, 2.45) is 0 Å². The lowest BCUT2D eigenvalue weighted by Crippen LogP contribution is -2.48. The Morgan fingerprint density at radius 2 is 1.86 bits per heavy atom. The molecule has 11 heteroatoms. The Morgan fingerprint density at radius 1 is 1.14 bits per heavy atom. The van der Waals surface area contributed by atoms with Crippen LogP contribution in [0.2, 0.25) is 5.02 Å². The first-order valence-electron chi connectivity index (χ1n) is 8.44. The molecule has 0 unspecified atom stereocenters. The Labute approximate surface area is 172 Å². The molecule has 0 spiro atoms. The van der Waals surface area contributed by atoms with E-state index < -0.39 is 18.2 Å². The van der Waals surface area contributed by atoms with E-state index >= 15 is 0 Å². The third-order valence-corrected chi connectivity index (χ3v) is 4.77. The number of likely N-dealkylation sites (N-methyl/N-ethyl adjacent to an activating group) is 1. The third-order valence-electron chi connectivity index (χ3n) is 4.55. The van der Waals surface area contributed by atoms with Gasteiger partial charge in [0.05, 0.1) is 5.02 Å². The minimum absolute atomic E-state index is 0. The SMILES string of the molecule is CN1CCN(C(=O)O[C@@H]2c3nccnc3C(=O)N2c2ccc(Cl)cn2)CC1.Cl. The zero-order valence-electron chi connectivity index (χ0n) is 15.0. The highest BCUT2D eigenvalue weighted by molar-refractivity contribution is 6.30. The summed E-state index contributed by atoms with van der Waals surface area (Å²) in [5.74, 6) is -0.121. The number of rotatable bonds is 2. The maximum Gasteiger partial charge on any atom is 0.412 e. The maximum absolute atomic E-state index is 12.8. The second kappa shape index (κ2) is 8.26. The van der Waals surface area contributed by atoms with Gasteiger partial charge in [-0.2, -0.15) is 0 Å². The number of anilines is 1. The second-order valence-electron chi connectivity index (χ2n) is 6.33. The van der Waals surface area contributed by atoms with E-state index in [9.17, 15) is 9.59 Å². The van der Waals surface area contributed by atoms with Crippen molar-refractivity contribution in [3.8, 4) is 0 Å². The topological polar surface area (TPSA) is 91.8 Å². The fraction of sp³-hybridized carbons (Fsp3) is 0.353. The number of fused-ring (bicyclic) bond motifs is 1. The summed E-state index contributed by atoms with van der Waals surface area (Å²) < 4.78 is 5.68. The van der Waals surface area contributed by atoms with E-state index in [4.69, 9.17) is 16.3 Å². The standard InChI is InChI=1S/C17H17ClN6O3.ClH/c1-22-6-8-23(9-7-22)17(26)27-16-14-13(19-4-5-20-14)15(25)24(16)12-3-2-11(18)10-21-12;/h2-5,10,16H,6-9H2,1H3;1H/t16-;/m1./s1. The zero-order chi connectivity index (χ0) is 19.0. The monoisotopic (exact) mass is 424 g/mol. The Hall–Kier alpha value is -2.49. The van der Waals surface area contributed by atoms with E-state index in [2.05, 4.69) is 19.9 Å². The van der Waals surface area contributed by atoms with Gasteiger partial charge in [-0.05, 0) is 19.2 Å². The molecule has 2 aromatic heterocycles. The van der Waals surface area contributed by atoms with Crippen LogP contribution in [0.15, 0.2) is 30.7 Å². The highest BCUT2D eigenvalue weighted by atomic mass is 35.5. The molecule has 1 atom stereocenters. The first kappa shape index (κ1) is 20.2. The predicted octanol–water partition coefficient (Wildman–Crippen LogP) is 1.99. The number of amides is 2. The average Bonchev–Trinajstić information content (AvgIpc) is 2.95. The van der Waals surface area contributed by atoms with Gasteiger partial charge in [-0.15, -0.1) is 12.4 Å². The molecule has 2 aliphatic heterocycles. The summed E-state index contributed by atoms with van der Waals surface area (Å²) in [6.07, 6.45) is 2.78. The van der Waals surface area contributed by atoms with Crippen LogP contribution in [-0.4, -0.2) is 70.0 Å². The van der Waals surface area contributed by atoms with Crippen LogP contribution in [0, 0.1) is 0 Å². The molecule has 1 saturated heterocycles. The summed E-state index contributed by atoms with van der Waals surface area (Å²) in [5.41, 5.74) is 0.437. The molecule has 148 valence electrons. The van der Waals surface area contributed by atoms with Crippen LogP contribution in [0.3, 0.4) is 0 Å². The summed E-state index contributed by atoms with van der Waals surface area (Å²) in [7, 11) is 2.00. The third kappa shape index (κ3) is 3.73. The van der Waals surface area contributed by atoms with Crippen molar-refractivity contribution in [2.75, 3.05) is 38.1 Å². The Kier molecular flexibility index (Phi) is 5.97. The maximum atomic E-state index is 12.8. The van der Waals surface area contributed by atoms with Crippen LogP contribution in [0.1, 0.15) is 22.4 Å². The quantitative estimate of drug-likeness (QED) is 0.727. The van der Waals surface area contributed by atoms with Crippen molar-refractivity contribution in [1.29, 1.82) is 0 Å². The molecule has 4 rings (SSSR count). The number of nitrogens with zero attached hydrogens (tertiary/aromatic N) is 6. The molecule has 1 fully saturated rings. The van der Waals surface area contributed by atoms with Crippen molar-refractivity contribution < 1.29 is 14.3 Å². The van der Waals surface area contributed by atoms with Gasteiger partial charge in [0.2, 0.25) is 6.23 Å². The molecule has 0 aliphatic carbocycles. The van der Waals surface area contributed by atoms with Crippen LogP contribution in [0.4, 0.5) is 10.6 Å². The number of ether oxygens (including phenoxy) is 1. The first-order valence-corrected chi connectivity index (χ1v) is 8.82. The summed E-state index contributed by atoms with van der Waals surface area (Å²) in [6.45, 7) is 2.64. The van der Waals surface area contributed by atoms with E-state index in [1.165, 1.54) is 23.5 Å². The molecule has 4 heterocycles. The molecule has 9 nitrogen and oxygen atoms in total. The number of carbonyl (C=O) groups excluding carboxylic acids is 2. The van der Waals surface area contributed by atoms with Crippen molar-refractivity contribution in [3.05, 3.63) is 47.1 Å². The summed E-state index contributed by atoms with van der Waals surface area (Å²) in [5, 5.41) is 0.435. The molecule has 0 saturated carbocycles. The van der Waals surface area contributed by atoms with E-state index in [1.54, 1.807) is 17.0 Å². The molecule has 2 aliphatic rings. The van der Waals surface area contributed by atoms with Gasteiger partial charge in [0.25, 0.3) is 5.91 Å². The minimum Gasteiger partial charge on any atom is -0.419 e. The molecule has 28 heavy (non-hydrogen) atoms. The molecule has 0 aromatic carbocycles. The molecule has 2 amide bonds. The predicted molar refractivity (Wildman–Crippen MR) is 104 cm³/mol. The molecule has 0 N–H and O–H groups in total. The molecule has 0 radical (unpaired) electrons. The Morgan fingerprint density at radius 3 is 2.54 bits per heavy atom. The highest BCUT2D eigenvalue weighted by Gasteiger charge is 2.44. The van der Waals surface area contributed by atoms with Crippen LogP contribution in [0.25, 0.3) is 0 Å². The van der Waals surface area contributed by atoms with Crippen molar-refractivity contribution >= 4 is 41.8 Å². The fourth-order valence-corrected chi connectivity index (χ4v) is 3.15. The second-order valence-corrected chi connectivity index (χ2v) is 6.76. The number of halogens is 2. The van der Waals surface area contributed by atoms with Gasteiger partial charge < -0.3 is 14.5 Å². The van der Waals surface area contributed by atoms with Crippen LogP contribution in [0.5, 0.6) is 0 Å². The summed E-state index contributed by atoms with van der Waals surface area (Å²) in [6, 6.07) is 3.20. The Bertz CT molecular complexity index is 873. The summed E-state index contributed by atoms with van der Waals surface area (Å²) >= 11 is 5.89.